The van der Waals surface area contributed by atoms with Gasteiger partial charge in [-0.2, -0.15) is 0 Å². The Morgan fingerprint density at radius 3 is 1.40 bits per heavy atom. The van der Waals surface area contributed by atoms with Gasteiger partial charge in [0.1, 0.15) is 29.9 Å². The standard InChI is InChI=1S/C31H49N11O11/c32-18(9-11-23(44)45)25(48)39-19(3-1-13-37-30(33)34)26(49)41-21(10-12-24(46)47)28(51)40-20(4-2-14-38-31(35)36)27(50)42-22(29(52)53)15-16-5-7-17(43)8-6-16/h5-8,18-22,43H,1-4,9-15,32H2,(H,39,48)(H,40,51)(H,41,49)(H,42,50)(H,44,45)(H,46,47)(H,52,53)(H4,33,34,37)(H4,35,36,38)/t18-,19-,20-,21-,22-/m0/s1. The van der Waals surface area contributed by atoms with E-state index in [2.05, 4.69) is 31.3 Å². The van der Waals surface area contributed by atoms with Crippen molar-refractivity contribution in [3.8, 4) is 5.75 Å². The number of benzene rings is 1. The topological polar surface area (TPSA) is 403 Å². The zero-order chi connectivity index (χ0) is 40.1. The Balaban J connectivity index is 3.31. The fraction of sp³-hybridized carbons (Fsp3) is 0.516. The number of phenols is 1. The summed E-state index contributed by atoms with van der Waals surface area (Å²) in [6, 6.07) is -1.58. The lowest BCUT2D eigenvalue weighted by atomic mass is 10.0. The highest BCUT2D eigenvalue weighted by atomic mass is 16.4. The molecule has 0 radical (unpaired) electrons. The van der Waals surface area contributed by atoms with E-state index in [1.165, 1.54) is 24.3 Å². The summed E-state index contributed by atoms with van der Waals surface area (Å²) in [5, 5.41) is 47.2. The van der Waals surface area contributed by atoms with Crippen molar-refractivity contribution in [2.24, 2.45) is 38.7 Å². The van der Waals surface area contributed by atoms with E-state index >= 15 is 0 Å². The first-order chi connectivity index (χ1) is 24.9. The second kappa shape index (κ2) is 23.3. The lowest BCUT2D eigenvalue weighted by Gasteiger charge is -2.26. The number of hydrogen-bond acceptors (Lipinski definition) is 11. The second-order valence-corrected chi connectivity index (χ2v) is 11.8. The van der Waals surface area contributed by atoms with Crippen LogP contribution < -0.4 is 49.9 Å². The molecule has 0 spiro atoms. The van der Waals surface area contributed by atoms with E-state index in [9.17, 15) is 48.9 Å². The van der Waals surface area contributed by atoms with Crippen LogP contribution in [0.4, 0.5) is 0 Å². The van der Waals surface area contributed by atoms with Crippen LogP contribution >= 0.6 is 0 Å². The molecule has 0 aliphatic rings. The van der Waals surface area contributed by atoms with Gasteiger partial charge in [0.15, 0.2) is 11.9 Å². The molecular weight excluding hydrogens is 702 g/mol. The zero-order valence-electron chi connectivity index (χ0n) is 28.9. The maximum Gasteiger partial charge on any atom is 0.326 e. The molecule has 1 aromatic rings. The normalized spacial score (nSPS) is 13.5. The molecule has 0 aliphatic heterocycles. The van der Waals surface area contributed by atoms with E-state index < -0.39 is 91.0 Å². The van der Waals surface area contributed by atoms with Gasteiger partial charge in [0.2, 0.25) is 23.6 Å². The summed E-state index contributed by atoms with van der Waals surface area (Å²) in [6.07, 6.45) is -1.93. The molecule has 4 amide bonds. The first-order valence-electron chi connectivity index (χ1n) is 16.4. The number of hydrogen-bond donors (Lipinski definition) is 13. The predicted octanol–water partition coefficient (Wildman–Crippen LogP) is -3.88. The number of carboxylic acids is 3. The van der Waals surface area contributed by atoms with E-state index in [1.807, 2.05) is 0 Å². The van der Waals surface area contributed by atoms with Crippen molar-refractivity contribution in [2.45, 2.75) is 88.0 Å². The van der Waals surface area contributed by atoms with E-state index in [-0.39, 0.29) is 69.3 Å². The van der Waals surface area contributed by atoms with Crippen LogP contribution in [0.2, 0.25) is 0 Å². The van der Waals surface area contributed by atoms with Crippen LogP contribution in [0.3, 0.4) is 0 Å². The van der Waals surface area contributed by atoms with Crippen molar-refractivity contribution in [2.75, 3.05) is 13.1 Å². The minimum absolute atomic E-state index is 0.0207. The number of carbonyl (C=O) groups excluding carboxylic acids is 4. The smallest absolute Gasteiger partial charge is 0.326 e. The highest BCUT2D eigenvalue weighted by Gasteiger charge is 2.32. The maximum absolute atomic E-state index is 13.6. The SMILES string of the molecule is NC(N)=NCCC[C@H](NC(=O)[C@H](CCC(=O)O)NC(=O)[C@H](CCCN=C(N)N)NC(=O)[C@@H](N)CCC(=O)O)C(=O)N[C@@H](Cc1ccc(O)cc1)C(=O)O. The lowest BCUT2D eigenvalue weighted by Crippen LogP contribution is -2.58. The molecule has 18 N–H and O–H groups in total. The highest BCUT2D eigenvalue weighted by molar-refractivity contribution is 5.95. The predicted molar refractivity (Wildman–Crippen MR) is 189 cm³/mol. The number of amides is 4. The quantitative estimate of drug-likeness (QED) is 0.0258. The lowest BCUT2D eigenvalue weighted by molar-refractivity contribution is -0.142. The third kappa shape index (κ3) is 19.1. The van der Waals surface area contributed by atoms with Gasteiger partial charge in [-0.3, -0.25) is 38.8 Å². The monoisotopic (exact) mass is 751 g/mol. The van der Waals surface area contributed by atoms with Crippen LogP contribution in [0.5, 0.6) is 5.75 Å². The Morgan fingerprint density at radius 1 is 0.585 bits per heavy atom. The Labute approximate surface area is 304 Å². The molecule has 0 fully saturated rings. The van der Waals surface area contributed by atoms with Crippen LogP contribution in [-0.4, -0.2) is 117 Å². The molecule has 5 atom stereocenters. The van der Waals surface area contributed by atoms with Crippen molar-refractivity contribution in [1.82, 2.24) is 21.3 Å². The minimum Gasteiger partial charge on any atom is -0.508 e. The highest BCUT2D eigenvalue weighted by Crippen LogP contribution is 2.12. The van der Waals surface area contributed by atoms with Gasteiger partial charge in [-0.25, -0.2) is 4.79 Å². The molecule has 0 bridgehead atoms. The van der Waals surface area contributed by atoms with Crippen LogP contribution in [0, 0.1) is 0 Å². The number of carboxylic acid groups (broad SMARTS) is 3. The molecule has 22 nitrogen and oxygen atoms in total. The number of aliphatic carboxylic acids is 3. The van der Waals surface area contributed by atoms with Crippen molar-refractivity contribution in [1.29, 1.82) is 0 Å². The second-order valence-electron chi connectivity index (χ2n) is 11.8. The molecule has 22 heteroatoms. The maximum atomic E-state index is 13.6. The third-order valence-electron chi connectivity index (χ3n) is 7.43. The summed E-state index contributed by atoms with van der Waals surface area (Å²) < 4.78 is 0. The first kappa shape index (κ1) is 44.8. The Bertz CT molecular complexity index is 1480. The minimum atomic E-state index is -1.59. The molecule has 0 saturated heterocycles. The van der Waals surface area contributed by atoms with E-state index in [1.54, 1.807) is 0 Å². The molecule has 0 aromatic heterocycles. The first-order valence-corrected chi connectivity index (χ1v) is 16.4. The molecule has 1 rings (SSSR count). The van der Waals surface area contributed by atoms with Gasteiger partial charge < -0.3 is 70.4 Å². The molecule has 1 aromatic carbocycles. The van der Waals surface area contributed by atoms with Crippen molar-refractivity contribution < 1.29 is 54.0 Å². The van der Waals surface area contributed by atoms with Crippen LogP contribution in [0.25, 0.3) is 0 Å². The molecule has 0 aliphatic carbocycles. The van der Waals surface area contributed by atoms with Crippen LogP contribution in [0.15, 0.2) is 34.3 Å². The number of nitrogens with two attached hydrogens (primary N) is 5. The van der Waals surface area contributed by atoms with Crippen LogP contribution in [-0.2, 0) is 40.0 Å². The summed E-state index contributed by atoms with van der Waals surface area (Å²) in [4.78, 5) is 95.4. The van der Waals surface area contributed by atoms with Crippen molar-refractivity contribution >= 4 is 53.5 Å². The van der Waals surface area contributed by atoms with E-state index in [0.717, 1.165) is 0 Å². The number of carbonyl (C=O) groups is 7. The van der Waals surface area contributed by atoms with Crippen molar-refractivity contribution in [3.63, 3.8) is 0 Å². The summed E-state index contributed by atoms with van der Waals surface area (Å²) in [5.74, 6) is -8.24. The Morgan fingerprint density at radius 2 is 0.981 bits per heavy atom. The number of phenolic OH excluding ortho intramolecular Hbond substituents is 1. The van der Waals surface area contributed by atoms with Gasteiger partial charge in [-0.15, -0.1) is 0 Å². The summed E-state index contributed by atoms with van der Waals surface area (Å²) in [5.41, 5.74) is 27.6. The van der Waals surface area contributed by atoms with Crippen molar-refractivity contribution in [3.05, 3.63) is 29.8 Å². The molecule has 0 unspecified atom stereocenters. The van der Waals surface area contributed by atoms with Gasteiger partial charge in [-0.05, 0) is 56.2 Å². The number of nitrogens with one attached hydrogen (secondary N) is 4. The van der Waals surface area contributed by atoms with Gasteiger partial charge >= 0.3 is 17.9 Å². The summed E-state index contributed by atoms with van der Waals surface area (Å²) in [6.45, 7) is 0.0591. The molecule has 0 heterocycles. The third-order valence-corrected chi connectivity index (χ3v) is 7.43. The number of aliphatic imine (C=N–C) groups is 2. The molecule has 53 heavy (non-hydrogen) atoms. The largest absolute Gasteiger partial charge is 0.508 e. The summed E-state index contributed by atoms with van der Waals surface area (Å²) in [7, 11) is 0. The van der Waals surface area contributed by atoms with Crippen LogP contribution in [0.1, 0.15) is 56.9 Å². The average Bonchev–Trinajstić information content (AvgIpc) is 3.07. The van der Waals surface area contributed by atoms with Gasteiger partial charge in [0.25, 0.3) is 0 Å². The molecular formula is C31H49N11O11. The number of nitrogens with zero attached hydrogens (tertiary/aromatic N) is 2. The number of rotatable bonds is 25. The van der Waals surface area contributed by atoms with Gasteiger partial charge in [0, 0.05) is 32.4 Å². The number of aromatic hydroxyl groups is 1. The Hall–Kier alpha value is -6.19. The van der Waals surface area contributed by atoms with Gasteiger partial charge in [0.05, 0.1) is 6.04 Å². The Kier molecular flexibility index (Phi) is 19.7. The van der Waals surface area contributed by atoms with E-state index in [4.69, 9.17) is 33.8 Å². The fourth-order valence-electron chi connectivity index (χ4n) is 4.65. The molecule has 0 saturated carbocycles. The van der Waals surface area contributed by atoms with E-state index in [0.29, 0.717) is 5.56 Å². The molecule has 294 valence electrons. The zero-order valence-corrected chi connectivity index (χ0v) is 28.9. The average molecular weight is 752 g/mol. The number of guanidine groups is 2. The summed E-state index contributed by atoms with van der Waals surface area (Å²) >= 11 is 0. The fourth-order valence-corrected chi connectivity index (χ4v) is 4.65. The van der Waals surface area contributed by atoms with Gasteiger partial charge in [-0.1, -0.05) is 12.1 Å².